The zero-order chi connectivity index (χ0) is 22.2. The molecule has 0 spiro atoms. The van der Waals surface area contributed by atoms with E-state index in [9.17, 15) is 18.3 Å². The molecule has 6 nitrogen and oxygen atoms in total. The Labute approximate surface area is 182 Å². The third kappa shape index (κ3) is 3.53. The van der Waals surface area contributed by atoms with Gasteiger partial charge in [-0.1, -0.05) is 30.3 Å². The molecule has 1 saturated heterocycles. The van der Waals surface area contributed by atoms with E-state index in [2.05, 4.69) is 11.0 Å². The minimum absolute atomic E-state index is 0.00190. The fraction of sp³-hybridized carbons (Fsp3) is 0.292. The van der Waals surface area contributed by atoms with Gasteiger partial charge in [0.2, 0.25) is 0 Å². The smallest absolute Gasteiger partial charge is 0.325 e. The third-order valence-corrected chi connectivity index (χ3v) is 8.72. The first-order valence-electron chi connectivity index (χ1n) is 10.2. The van der Waals surface area contributed by atoms with Crippen LogP contribution >= 0.6 is 0 Å². The molecule has 1 fully saturated rings. The fourth-order valence-electron chi connectivity index (χ4n) is 4.48. The minimum Gasteiger partial charge on any atom is -0.497 e. The van der Waals surface area contributed by atoms with E-state index in [1.54, 1.807) is 0 Å². The number of aliphatic carboxylic acids is 1. The molecule has 1 heterocycles. The molecule has 1 aliphatic heterocycles. The van der Waals surface area contributed by atoms with Gasteiger partial charge in [-0.25, -0.2) is 8.42 Å². The molecule has 1 aliphatic rings. The van der Waals surface area contributed by atoms with Crippen LogP contribution in [0.2, 0.25) is 0 Å². The molecule has 0 bridgehead atoms. The van der Waals surface area contributed by atoms with Crippen molar-refractivity contribution in [2.45, 2.75) is 35.4 Å². The number of nitrogens with zero attached hydrogens (tertiary/aromatic N) is 1. The Morgan fingerprint density at radius 2 is 1.74 bits per heavy atom. The summed E-state index contributed by atoms with van der Waals surface area (Å²) in [6, 6.07) is 19.8. The number of benzene rings is 3. The van der Waals surface area contributed by atoms with Crippen LogP contribution in [0.3, 0.4) is 0 Å². The summed E-state index contributed by atoms with van der Waals surface area (Å²) in [6.45, 7) is 2.22. The van der Waals surface area contributed by atoms with Crippen molar-refractivity contribution in [3.8, 4) is 5.75 Å². The zero-order valence-corrected chi connectivity index (χ0v) is 18.3. The number of fused-ring (bicyclic) bond motifs is 1. The lowest BCUT2D eigenvalue weighted by molar-refractivity contribution is -0.141. The van der Waals surface area contributed by atoms with E-state index in [1.165, 1.54) is 31.4 Å². The molecular weight excluding hydrogens is 414 g/mol. The summed E-state index contributed by atoms with van der Waals surface area (Å²) in [4.78, 5) is 14.5. The van der Waals surface area contributed by atoms with Crippen LogP contribution in [0.15, 0.2) is 71.6 Å². The number of carboxylic acid groups (broad SMARTS) is 1. The van der Waals surface area contributed by atoms with E-state index in [1.807, 2.05) is 43.3 Å². The zero-order valence-electron chi connectivity index (χ0n) is 17.5. The van der Waals surface area contributed by atoms with Crippen LogP contribution in [-0.4, -0.2) is 43.9 Å². The normalized spacial score (nSPS) is 21.7. The quantitative estimate of drug-likeness (QED) is 0.643. The summed E-state index contributed by atoms with van der Waals surface area (Å²) >= 11 is 0. The van der Waals surface area contributed by atoms with Gasteiger partial charge in [-0.2, -0.15) is 0 Å². The molecular formula is C24H25NO5S. The number of ether oxygens (including phenoxy) is 1. The number of methoxy groups -OCH3 is 1. The molecule has 0 saturated carbocycles. The molecule has 2 unspecified atom stereocenters. The number of rotatable bonds is 5. The van der Waals surface area contributed by atoms with E-state index in [0.717, 1.165) is 16.5 Å². The minimum atomic E-state index is -4.10. The Morgan fingerprint density at radius 3 is 2.35 bits per heavy atom. The highest BCUT2D eigenvalue weighted by atomic mass is 32.2. The molecule has 31 heavy (non-hydrogen) atoms. The maximum absolute atomic E-state index is 13.5. The molecule has 3 aromatic carbocycles. The van der Waals surface area contributed by atoms with E-state index < -0.39 is 20.6 Å². The second kappa shape index (κ2) is 7.89. The van der Waals surface area contributed by atoms with Crippen molar-refractivity contribution >= 4 is 32.3 Å². The number of carboxylic acids is 1. The highest BCUT2D eigenvalue weighted by Crippen LogP contribution is 2.40. The molecule has 4 rings (SSSR count). The van der Waals surface area contributed by atoms with Crippen LogP contribution < -0.4 is 9.64 Å². The first-order valence-corrected chi connectivity index (χ1v) is 11.6. The Hall–Kier alpha value is -3.06. The van der Waals surface area contributed by atoms with Gasteiger partial charge in [0.25, 0.3) is 0 Å². The maximum Gasteiger partial charge on any atom is 0.325 e. The predicted octanol–water partition coefficient (Wildman–Crippen LogP) is 4.13. The van der Waals surface area contributed by atoms with Gasteiger partial charge in [-0.3, -0.25) is 4.79 Å². The van der Waals surface area contributed by atoms with Gasteiger partial charge in [0.1, 0.15) is 5.75 Å². The third-order valence-electron chi connectivity index (χ3n) is 6.25. The van der Waals surface area contributed by atoms with Crippen molar-refractivity contribution < 1.29 is 23.1 Å². The molecule has 2 atom stereocenters. The number of hydrogen-bond acceptors (Lipinski definition) is 5. The Morgan fingerprint density at radius 1 is 1.06 bits per heavy atom. The molecule has 162 valence electrons. The number of carbonyl (C=O) groups is 1. The number of anilines is 1. The molecule has 7 heteroatoms. The van der Waals surface area contributed by atoms with Gasteiger partial charge in [-0.05, 0) is 66.9 Å². The lowest BCUT2D eigenvalue weighted by atomic mass is 9.90. The van der Waals surface area contributed by atoms with Gasteiger partial charge in [-0.15, -0.1) is 0 Å². The highest BCUT2D eigenvalue weighted by Gasteiger charge is 2.55. The molecule has 0 radical (unpaired) electrons. The average molecular weight is 440 g/mol. The second-order valence-corrected chi connectivity index (χ2v) is 10.3. The van der Waals surface area contributed by atoms with Crippen LogP contribution in [-0.2, 0) is 14.6 Å². The van der Waals surface area contributed by atoms with Crippen molar-refractivity contribution in [2.75, 3.05) is 18.6 Å². The molecule has 1 N–H and O–H groups in total. The molecule has 0 amide bonds. The molecule has 0 aliphatic carbocycles. The Kier molecular flexibility index (Phi) is 5.39. The monoisotopic (exact) mass is 439 g/mol. The van der Waals surface area contributed by atoms with Gasteiger partial charge >= 0.3 is 5.97 Å². The van der Waals surface area contributed by atoms with Gasteiger partial charge in [0, 0.05) is 18.3 Å². The van der Waals surface area contributed by atoms with Gasteiger partial charge in [0.15, 0.2) is 14.6 Å². The van der Waals surface area contributed by atoms with E-state index in [-0.39, 0.29) is 23.8 Å². The number of piperidine rings is 1. The summed E-state index contributed by atoms with van der Waals surface area (Å²) in [5, 5.41) is 12.3. The maximum atomic E-state index is 13.5. The van der Waals surface area contributed by atoms with E-state index in [0.29, 0.717) is 12.3 Å². The van der Waals surface area contributed by atoms with Crippen LogP contribution in [0.25, 0.3) is 10.8 Å². The van der Waals surface area contributed by atoms with Crippen LogP contribution in [0.5, 0.6) is 5.75 Å². The summed E-state index contributed by atoms with van der Waals surface area (Å²) in [7, 11) is -2.61. The molecule has 0 aromatic heterocycles. The topological polar surface area (TPSA) is 83.9 Å². The van der Waals surface area contributed by atoms with Crippen LogP contribution in [0, 0.1) is 0 Å². The standard InChI is InChI=1S/C24H25NO5S/c1-17-16-24(23(26)27,31(28,29)22-11-9-21(30-2)10-12-22)13-14-25(17)20-8-7-18-5-3-4-6-19(18)15-20/h3-12,15,17H,13-14,16H2,1-2H3,(H,26,27). The van der Waals surface area contributed by atoms with Gasteiger partial charge < -0.3 is 14.7 Å². The van der Waals surface area contributed by atoms with Crippen LogP contribution in [0.1, 0.15) is 19.8 Å². The van der Waals surface area contributed by atoms with E-state index in [4.69, 9.17) is 4.74 Å². The number of sulfone groups is 1. The Bertz CT molecular complexity index is 1220. The fourth-order valence-corrected chi connectivity index (χ4v) is 6.48. The molecule has 3 aromatic rings. The van der Waals surface area contributed by atoms with Crippen LogP contribution in [0.4, 0.5) is 5.69 Å². The predicted molar refractivity (Wildman–Crippen MR) is 121 cm³/mol. The SMILES string of the molecule is COc1ccc(S(=O)(=O)C2(C(=O)O)CCN(c3ccc4ccccc4c3)C(C)C2)cc1. The first kappa shape index (κ1) is 21.2. The van der Waals surface area contributed by atoms with Gasteiger partial charge in [0.05, 0.1) is 12.0 Å². The number of hydrogen-bond donors (Lipinski definition) is 1. The van der Waals surface area contributed by atoms with Crippen molar-refractivity contribution in [1.29, 1.82) is 0 Å². The summed E-state index contributed by atoms with van der Waals surface area (Å²) in [5.74, 6) is -0.781. The summed E-state index contributed by atoms with van der Waals surface area (Å²) in [5.41, 5.74) is 0.965. The largest absolute Gasteiger partial charge is 0.497 e. The first-order chi connectivity index (χ1) is 14.8. The average Bonchev–Trinajstić information content (AvgIpc) is 2.78. The lowest BCUT2D eigenvalue weighted by Crippen LogP contribution is -2.57. The summed E-state index contributed by atoms with van der Waals surface area (Å²) < 4.78 is 30.2. The van der Waals surface area contributed by atoms with Crippen molar-refractivity contribution in [3.05, 3.63) is 66.7 Å². The van der Waals surface area contributed by atoms with Crippen molar-refractivity contribution in [2.24, 2.45) is 0 Å². The van der Waals surface area contributed by atoms with Crippen molar-refractivity contribution in [1.82, 2.24) is 0 Å². The van der Waals surface area contributed by atoms with Crippen molar-refractivity contribution in [3.63, 3.8) is 0 Å². The second-order valence-electron chi connectivity index (χ2n) is 8.01. The summed E-state index contributed by atoms with van der Waals surface area (Å²) in [6.07, 6.45) is 0.0113. The Balaban J connectivity index is 1.67. The van der Waals surface area contributed by atoms with E-state index >= 15 is 0 Å². The lowest BCUT2D eigenvalue weighted by Gasteiger charge is -2.43. The highest BCUT2D eigenvalue weighted by molar-refractivity contribution is 7.93.